The van der Waals surface area contributed by atoms with Crippen LogP contribution < -0.4 is 0 Å². The van der Waals surface area contributed by atoms with Crippen molar-refractivity contribution in [3.63, 3.8) is 0 Å². The Morgan fingerprint density at radius 1 is 0.287 bits per heavy atom. The summed E-state index contributed by atoms with van der Waals surface area (Å²) in [6.45, 7) is 12.0. The fourth-order valence-corrected chi connectivity index (χ4v) is 14.2. The van der Waals surface area contributed by atoms with E-state index in [1.807, 2.05) is 0 Å². The first kappa shape index (κ1) is 99.1. The van der Waals surface area contributed by atoms with Gasteiger partial charge >= 0.3 is 39.5 Å². The lowest BCUT2D eigenvalue weighted by Crippen LogP contribution is -2.30. The summed E-state index contributed by atoms with van der Waals surface area (Å²) >= 11 is 0. The molecule has 0 amide bonds. The van der Waals surface area contributed by atoms with E-state index in [1.54, 1.807) is 0 Å². The van der Waals surface area contributed by atoms with Crippen LogP contribution in [0, 0.1) is 17.8 Å². The van der Waals surface area contributed by atoms with Crippen LogP contribution in [0.15, 0.2) is 0 Å². The lowest BCUT2D eigenvalue weighted by Gasteiger charge is -2.21. The van der Waals surface area contributed by atoms with Gasteiger partial charge in [-0.1, -0.05) is 376 Å². The molecule has 0 heterocycles. The van der Waals surface area contributed by atoms with Crippen molar-refractivity contribution in [2.45, 2.75) is 446 Å². The second-order valence-electron chi connectivity index (χ2n) is 30.7. The lowest BCUT2D eigenvalue weighted by molar-refractivity contribution is -0.161. The van der Waals surface area contributed by atoms with Crippen molar-refractivity contribution in [3.8, 4) is 0 Å². The van der Waals surface area contributed by atoms with Crippen LogP contribution in [0.2, 0.25) is 0 Å². The molecule has 0 aliphatic rings. The quantitative estimate of drug-likeness (QED) is 0.0222. The summed E-state index contributed by atoms with van der Waals surface area (Å²) in [6, 6.07) is 0. The van der Waals surface area contributed by atoms with Crippen LogP contribution in [0.5, 0.6) is 0 Å². The maximum atomic E-state index is 13.1. The highest BCUT2D eigenvalue weighted by Gasteiger charge is 2.30. The third kappa shape index (κ3) is 74.7. The van der Waals surface area contributed by atoms with Crippen molar-refractivity contribution in [2.24, 2.45) is 17.8 Å². The molecule has 101 heavy (non-hydrogen) atoms. The Hall–Kier alpha value is -1.94. The summed E-state index contributed by atoms with van der Waals surface area (Å²) in [4.78, 5) is 73.0. The molecule has 3 unspecified atom stereocenters. The second-order valence-corrected chi connectivity index (χ2v) is 33.6. The highest BCUT2D eigenvalue weighted by Crippen LogP contribution is 2.45. The molecule has 0 aromatic heterocycles. The largest absolute Gasteiger partial charge is 0.472 e. The van der Waals surface area contributed by atoms with Gasteiger partial charge in [0.05, 0.1) is 26.4 Å². The number of hydrogen-bond acceptors (Lipinski definition) is 15. The molecule has 0 bridgehead atoms. The Labute approximate surface area is 619 Å². The SMILES string of the molecule is CCCCCCCCCCCCCCCC(=O)O[C@H](COC(=O)CCCCCCCCC(C)CC)COP(=O)(O)OC[C@H](O)COP(=O)(O)OC[C@@H](COC(=O)CCCCCCCCCCCCCCCCCCC(C)C)OC(=O)CCCCCCCCCCCCCCCCCCC(C)C. The van der Waals surface area contributed by atoms with E-state index in [4.69, 9.17) is 37.0 Å². The molecule has 0 saturated heterocycles. The third-order valence-corrected chi connectivity index (χ3v) is 21.4. The zero-order chi connectivity index (χ0) is 74.4. The van der Waals surface area contributed by atoms with E-state index in [0.717, 1.165) is 114 Å². The molecule has 0 radical (unpaired) electrons. The smallest absolute Gasteiger partial charge is 0.462 e. The van der Waals surface area contributed by atoms with Gasteiger partial charge in [0, 0.05) is 25.7 Å². The van der Waals surface area contributed by atoms with Crippen LogP contribution in [-0.4, -0.2) is 96.7 Å². The molecule has 0 fully saturated rings. The number of ether oxygens (including phenoxy) is 4. The fourth-order valence-electron chi connectivity index (χ4n) is 12.6. The van der Waals surface area contributed by atoms with E-state index < -0.39 is 97.5 Å². The number of aliphatic hydroxyl groups is 1. The number of rotatable bonds is 80. The Morgan fingerprint density at radius 3 is 0.752 bits per heavy atom. The van der Waals surface area contributed by atoms with Crippen molar-refractivity contribution in [2.75, 3.05) is 39.6 Å². The van der Waals surface area contributed by atoms with Crippen molar-refractivity contribution >= 4 is 39.5 Å². The van der Waals surface area contributed by atoms with E-state index in [2.05, 4.69) is 48.5 Å². The van der Waals surface area contributed by atoms with Crippen LogP contribution >= 0.6 is 15.6 Å². The molecule has 600 valence electrons. The number of aliphatic hydroxyl groups excluding tert-OH is 1. The van der Waals surface area contributed by atoms with Crippen LogP contribution in [0.3, 0.4) is 0 Å². The molecule has 0 aromatic rings. The minimum atomic E-state index is -4.96. The molecule has 6 atom stereocenters. The highest BCUT2D eigenvalue weighted by atomic mass is 31.2. The van der Waals surface area contributed by atoms with E-state index in [-0.39, 0.29) is 25.7 Å². The molecular formula is C82H160O17P2. The molecule has 0 aliphatic carbocycles. The second kappa shape index (κ2) is 72.3. The summed E-state index contributed by atoms with van der Waals surface area (Å²) in [6.07, 6.45) is 61.1. The monoisotopic (exact) mass is 1480 g/mol. The van der Waals surface area contributed by atoms with Crippen LogP contribution in [0.1, 0.15) is 427 Å². The summed E-state index contributed by atoms with van der Waals surface area (Å²) in [5, 5.41) is 10.6. The average molecular weight is 1480 g/mol. The van der Waals surface area contributed by atoms with E-state index in [1.165, 1.54) is 231 Å². The van der Waals surface area contributed by atoms with Crippen molar-refractivity contribution in [1.82, 2.24) is 0 Å². The van der Waals surface area contributed by atoms with Gasteiger partial charge in [0.2, 0.25) is 0 Å². The van der Waals surface area contributed by atoms with Gasteiger partial charge in [-0.3, -0.25) is 37.3 Å². The minimum Gasteiger partial charge on any atom is -0.462 e. The Balaban J connectivity index is 5.23. The van der Waals surface area contributed by atoms with Crippen LogP contribution in [0.4, 0.5) is 0 Å². The molecule has 0 aromatic carbocycles. The lowest BCUT2D eigenvalue weighted by atomic mass is 10.00. The number of phosphoric ester groups is 2. The number of carbonyl (C=O) groups is 4. The van der Waals surface area contributed by atoms with E-state index in [0.29, 0.717) is 25.7 Å². The van der Waals surface area contributed by atoms with Crippen LogP contribution in [0.25, 0.3) is 0 Å². The summed E-state index contributed by atoms with van der Waals surface area (Å²) in [7, 11) is -9.92. The molecule has 0 spiro atoms. The molecule has 0 aliphatic heterocycles. The standard InChI is InChI=1S/C82H160O17P2/c1-8-10-11-12-13-14-15-24-32-37-42-51-58-65-82(87)99-78(70-93-80(85)64-57-50-45-44-48-55-62-75(7)9-2)72-97-101(90,91)95-68-76(83)67-94-100(88,89)96-71-77(98-81(86)66-59-52-43-38-33-28-23-19-17-21-26-30-35-40-47-54-61-74(5)6)69-92-79(84)63-56-49-41-36-31-27-22-18-16-20-25-29-34-39-46-53-60-73(3)4/h73-78,83H,8-72H2,1-7H3,(H,88,89)(H,90,91)/t75?,76-,77-,78-/m1/s1. The van der Waals surface area contributed by atoms with Gasteiger partial charge < -0.3 is 33.8 Å². The number of unbranched alkanes of at least 4 members (excludes halogenated alkanes) is 47. The number of hydrogen-bond donors (Lipinski definition) is 3. The van der Waals surface area contributed by atoms with Gasteiger partial charge in [-0.25, -0.2) is 9.13 Å². The van der Waals surface area contributed by atoms with Crippen molar-refractivity contribution in [3.05, 3.63) is 0 Å². The molecular weight excluding hydrogens is 1320 g/mol. The summed E-state index contributed by atoms with van der Waals surface area (Å²) < 4.78 is 68.7. The highest BCUT2D eigenvalue weighted by molar-refractivity contribution is 7.47. The van der Waals surface area contributed by atoms with Crippen molar-refractivity contribution < 1.29 is 80.2 Å². The normalized spacial score (nSPS) is 14.2. The predicted molar refractivity (Wildman–Crippen MR) is 414 cm³/mol. The number of phosphoric acid groups is 2. The topological polar surface area (TPSA) is 237 Å². The van der Waals surface area contributed by atoms with Crippen molar-refractivity contribution in [1.29, 1.82) is 0 Å². The van der Waals surface area contributed by atoms with E-state index >= 15 is 0 Å². The zero-order valence-corrected chi connectivity index (χ0v) is 68.2. The number of carbonyl (C=O) groups excluding carboxylic acids is 4. The van der Waals surface area contributed by atoms with Crippen LogP contribution in [-0.2, 0) is 65.4 Å². The van der Waals surface area contributed by atoms with Gasteiger partial charge in [-0.05, 0) is 43.4 Å². The molecule has 0 rings (SSSR count). The van der Waals surface area contributed by atoms with Gasteiger partial charge in [-0.2, -0.15) is 0 Å². The third-order valence-electron chi connectivity index (χ3n) is 19.5. The predicted octanol–water partition coefficient (Wildman–Crippen LogP) is 24.5. The molecule has 3 N–H and O–H groups in total. The Kier molecular flexibility index (Phi) is 70.9. The van der Waals surface area contributed by atoms with Gasteiger partial charge in [-0.15, -0.1) is 0 Å². The van der Waals surface area contributed by atoms with Gasteiger partial charge in [0.1, 0.15) is 19.3 Å². The summed E-state index contributed by atoms with van der Waals surface area (Å²) in [5.74, 6) is 0.243. The Morgan fingerprint density at radius 2 is 0.505 bits per heavy atom. The molecule has 0 saturated carbocycles. The van der Waals surface area contributed by atoms with E-state index in [9.17, 15) is 43.2 Å². The summed E-state index contributed by atoms with van der Waals surface area (Å²) in [5.41, 5.74) is 0. The average Bonchev–Trinajstić information content (AvgIpc) is 0.925. The first-order valence-electron chi connectivity index (χ1n) is 42.4. The Bertz CT molecular complexity index is 1960. The first-order chi connectivity index (χ1) is 48.8. The van der Waals surface area contributed by atoms with Gasteiger partial charge in [0.15, 0.2) is 12.2 Å². The fraction of sp³-hybridized carbons (Fsp3) is 0.951. The zero-order valence-electron chi connectivity index (χ0n) is 66.4. The van der Waals surface area contributed by atoms with Gasteiger partial charge in [0.25, 0.3) is 0 Å². The minimum absolute atomic E-state index is 0.107. The number of esters is 4. The first-order valence-corrected chi connectivity index (χ1v) is 45.4. The molecule has 19 heteroatoms. The maximum absolute atomic E-state index is 13.1. The molecule has 17 nitrogen and oxygen atoms in total. The maximum Gasteiger partial charge on any atom is 0.472 e.